The maximum Gasteiger partial charge on any atom is 0.314 e. The summed E-state index contributed by atoms with van der Waals surface area (Å²) in [5, 5.41) is 15.5. The summed E-state index contributed by atoms with van der Waals surface area (Å²) < 4.78 is 5.30. The summed E-state index contributed by atoms with van der Waals surface area (Å²) in [7, 11) is 0. The van der Waals surface area contributed by atoms with Gasteiger partial charge in [0.2, 0.25) is 0 Å². The van der Waals surface area contributed by atoms with Crippen molar-refractivity contribution < 1.29 is 14.6 Å². The fourth-order valence-corrected chi connectivity index (χ4v) is 1.72. The van der Waals surface area contributed by atoms with Crippen molar-refractivity contribution in [3.8, 4) is 18.1 Å². The van der Waals surface area contributed by atoms with Crippen molar-refractivity contribution in [3.63, 3.8) is 0 Å². The van der Waals surface area contributed by atoms with E-state index >= 15 is 0 Å². The Labute approximate surface area is 138 Å². The summed E-state index contributed by atoms with van der Waals surface area (Å²) in [6, 6.07) is 7.31. The summed E-state index contributed by atoms with van der Waals surface area (Å²) >= 11 is 0. The van der Waals surface area contributed by atoms with Crippen molar-refractivity contribution >= 4 is 6.03 Å². The van der Waals surface area contributed by atoms with Gasteiger partial charge in [0.05, 0.1) is 5.60 Å². The molecule has 0 heterocycles. The van der Waals surface area contributed by atoms with E-state index in [2.05, 4.69) is 16.6 Å². The molecular weight excluding hydrogens is 292 g/mol. The summed E-state index contributed by atoms with van der Waals surface area (Å²) in [4.78, 5) is 11.7. The number of hydrogen-bond acceptors (Lipinski definition) is 3. The predicted molar refractivity (Wildman–Crippen MR) is 91.3 cm³/mol. The third kappa shape index (κ3) is 7.07. The van der Waals surface area contributed by atoms with Crippen LogP contribution in [0.3, 0.4) is 0 Å². The molecule has 126 valence electrons. The minimum absolute atomic E-state index is 0.0676. The zero-order valence-electron chi connectivity index (χ0n) is 14.1. The van der Waals surface area contributed by atoms with E-state index in [1.165, 1.54) is 0 Å². The van der Waals surface area contributed by atoms with Crippen LogP contribution >= 0.6 is 0 Å². The number of amides is 2. The van der Waals surface area contributed by atoms with Crippen LogP contribution in [0.1, 0.15) is 26.3 Å². The number of benzene rings is 1. The maximum atomic E-state index is 11.7. The number of carbonyl (C=O) groups excluding carboxylic acids is 1. The highest BCUT2D eigenvalue weighted by molar-refractivity contribution is 5.73. The van der Waals surface area contributed by atoms with Crippen LogP contribution in [0.15, 0.2) is 24.3 Å². The topological polar surface area (TPSA) is 70.6 Å². The molecule has 0 aliphatic carbocycles. The lowest BCUT2D eigenvalue weighted by molar-refractivity contribution is 0.0166. The lowest BCUT2D eigenvalue weighted by atomic mass is 9.93. The number of aliphatic hydroxyl groups is 1. The highest BCUT2D eigenvalue weighted by Crippen LogP contribution is 2.14. The van der Waals surface area contributed by atoms with Gasteiger partial charge in [-0.15, -0.1) is 6.42 Å². The summed E-state index contributed by atoms with van der Waals surface area (Å²) in [5.41, 5.74) is 0.179. The van der Waals surface area contributed by atoms with Crippen LogP contribution in [0.5, 0.6) is 5.75 Å². The lowest BCUT2D eigenvalue weighted by Crippen LogP contribution is -2.47. The van der Waals surface area contributed by atoms with E-state index in [1.54, 1.807) is 6.92 Å². The Hall–Kier alpha value is -2.19. The average molecular weight is 318 g/mol. The Morgan fingerprint density at radius 3 is 2.57 bits per heavy atom. The lowest BCUT2D eigenvalue weighted by Gasteiger charge is -2.27. The molecule has 5 heteroatoms. The van der Waals surface area contributed by atoms with Gasteiger partial charge in [0, 0.05) is 13.1 Å². The van der Waals surface area contributed by atoms with Gasteiger partial charge in [-0.1, -0.05) is 31.9 Å². The van der Waals surface area contributed by atoms with Gasteiger partial charge in [-0.25, -0.2) is 4.79 Å². The zero-order valence-corrected chi connectivity index (χ0v) is 14.1. The number of rotatable bonds is 8. The first kappa shape index (κ1) is 18.9. The van der Waals surface area contributed by atoms with Crippen molar-refractivity contribution in [2.24, 2.45) is 5.92 Å². The smallest absolute Gasteiger partial charge is 0.314 e. The van der Waals surface area contributed by atoms with E-state index in [1.807, 2.05) is 38.1 Å². The molecule has 0 aromatic heterocycles. The standard InChI is InChI=1S/C18H26N2O3/c1-5-12-23-16-8-6-15(7-9-16)10-11-19-17(21)20-13-18(4,22)14(2)3/h1,6-9,14,22H,10-13H2,2-4H3,(H2,19,20,21). The molecule has 23 heavy (non-hydrogen) atoms. The van der Waals surface area contributed by atoms with Gasteiger partial charge in [0.15, 0.2) is 0 Å². The van der Waals surface area contributed by atoms with Gasteiger partial charge in [0.25, 0.3) is 0 Å². The fourth-order valence-electron chi connectivity index (χ4n) is 1.72. The molecule has 2 amide bonds. The number of urea groups is 1. The highest BCUT2D eigenvalue weighted by Gasteiger charge is 2.25. The van der Waals surface area contributed by atoms with E-state index in [4.69, 9.17) is 11.2 Å². The van der Waals surface area contributed by atoms with Crippen LogP contribution in [0.4, 0.5) is 4.79 Å². The van der Waals surface area contributed by atoms with Gasteiger partial charge in [-0.05, 0) is 37.0 Å². The normalized spacial score (nSPS) is 13.0. The number of carbonyl (C=O) groups is 1. The van der Waals surface area contributed by atoms with Crippen molar-refractivity contribution in [1.29, 1.82) is 0 Å². The Balaban J connectivity index is 2.28. The quantitative estimate of drug-likeness (QED) is 0.642. The second-order valence-corrected chi connectivity index (χ2v) is 6.01. The molecule has 1 atom stereocenters. The summed E-state index contributed by atoms with van der Waals surface area (Å²) in [6.07, 6.45) is 5.84. The predicted octanol–water partition coefficient (Wildman–Crippen LogP) is 1.95. The molecule has 0 saturated heterocycles. The first-order valence-electron chi connectivity index (χ1n) is 7.74. The van der Waals surface area contributed by atoms with E-state index in [9.17, 15) is 9.90 Å². The number of hydrogen-bond donors (Lipinski definition) is 3. The number of ether oxygens (including phenoxy) is 1. The third-order valence-corrected chi connectivity index (χ3v) is 3.80. The van der Waals surface area contributed by atoms with Crippen LogP contribution in [0, 0.1) is 18.3 Å². The van der Waals surface area contributed by atoms with E-state index in [0.29, 0.717) is 13.0 Å². The Morgan fingerprint density at radius 2 is 2.00 bits per heavy atom. The zero-order chi connectivity index (χ0) is 17.3. The molecule has 3 N–H and O–H groups in total. The van der Waals surface area contributed by atoms with Crippen LogP contribution < -0.4 is 15.4 Å². The van der Waals surface area contributed by atoms with E-state index in [0.717, 1.165) is 11.3 Å². The van der Waals surface area contributed by atoms with Gasteiger partial charge in [-0.2, -0.15) is 0 Å². The second kappa shape index (κ2) is 9.06. The van der Waals surface area contributed by atoms with Gasteiger partial charge < -0.3 is 20.5 Å². The molecule has 1 aromatic rings. The van der Waals surface area contributed by atoms with E-state index in [-0.39, 0.29) is 25.1 Å². The van der Waals surface area contributed by atoms with Crippen LogP contribution in [-0.4, -0.2) is 36.4 Å². The molecular formula is C18H26N2O3. The van der Waals surface area contributed by atoms with Crippen molar-refractivity contribution in [2.45, 2.75) is 32.8 Å². The molecule has 0 fully saturated rings. The largest absolute Gasteiger partial charge is 0.481 e. The molecule has 0 aliphatic rings. The van der Waals surface area contributed by atoms with Crippen LogP contribution in [-0.2, 0) is 6.42 Å². The molecule has 1 aromatic carbocycles. The molecule has 5 nitrogen and oxygen atoms in total. The van der Waals surface area contributed by atoms with Crippen LogP contribution in [0.25, 0.3) is 0 Å². The summed E-state index contributed by atoms with van der Waals surface area (Å²) in [5.74, 6) is 3.21. The molecule has 1 unspecified atom stereocenters. The summed E-state index contributed by atoms with van der Waals surface area (Å²) in [6.45, 7) is 6.52. The molecule has 1 rings (SSSR count). The molecule has 0 spiro atoms. The second-order valence-electron chi connectivity index (χ2n) is 6.01. The Bertz CT molecular complexity index is 530. The van der Waals surface area contributed by atoms with Gasteiger partial charge in [-0.3, -0.25) is 0 Å². The third-order valence-electron chi connectivity index (χ3n) is 3.80. The Kier molecular flexibility index (Phi) is 7.43. The molecule has 0 aliphatic heterocycles. The molecule has 0 bridgehead atoms. The van der Waals surface area contributed by atoms with Gasteiger partial charge in [0.1, 0.15) is 12.4 Å². The van der Waals surface area contributed by atoms with Crippen LogP contribution in [0.2, 0.25) is 0 Å². The average Bonchev–Trinajstić information content (AvgIpc) is 2.52. The van der Waals surface area contributed by atoms with Crippen molar-refractivity contribution in [2.75, 3.05) is 19.7 Å². The molecule has 0 saturated carbocycles. The minimum atomic E-state index is -0.911. The first-order valence-corrected chi connectivity index (χ1v) is 7.74. The Morgan fingerprint density at radius 1 is 1.35 bits per heavy atom. The number of nitrogens with one attached hydrogen (secondary N) is 2. The SMILES string of the molecule is C#CCOc1ccc(CCNC(=O)NCC(C)(O)C(C)C)cc1. The van der Waals surface area contributed by atoms with Gasteiger partial charge >= 0.3 is 6.03 Å². The highest BCUT2D eigenvalue weighted by atomic mass is 16.5. The van der Waals surface area contributed by atoms with E-state index < -0.39 is 5.60 Å². The monoisotopic (exact) mass is 318 g/mol. The van der Waals surface area contributed by atoms with Crippen molar-refractivity contribution in [1.82, 2.24) is 10.6 Å². The first-order chi connectivity index (χ1) is 10.8. The maximum absolute atomic E-state index is 11.7. The number of terminal acetylenes is 1. The molecule has 0 radical (unpaired) electrons. The van der Waals surface area contributed by atoms with Crippen molar-refractivity contribution in [3.05, 3.63) is 29.8 Å². The minimum Gasteiger partial charge on any atom is -0.481 e. The fraction of sp³-hybridized carbons (Fsp3) is 0.500.